The number of benzene rings is 4. The number of carbonyl (C=O) groups excluding carboxylic acids is 4. The molecule has 15 nitrogen and oxygen atoms in total. The molecule has 0 amide bonds. The zero-order valence-corrected chi connectivity index (χ0v) is 35.4. The fourth-order valence-electron chi connectivity index (χ4n) is 8.81. The van der Waals surface area contributed by atoms with Gasteiger partial charge in [-0.1, -0.05) is 79.2 Å². The highest BCUT2D eigenvalue weighted by Crippen LogP contribution is 2.48. The molecule has 0 bridgehead atoms. The Morgan fingerprint density at radius 3 is 1.56 bits per heavy atom. The van der Waals surface area contributed by atoms with Crippen LogP contribution in [0.4, 0.5) is 0 Å². The summed E-state index contributed by atoms with van der Waals surface area (Å²) in [5.74, 6) is -5.02. The van der Waals surface area contributed by atoms with Crippen LogP contribution in [0, 0.1) is 0 Å². The minimum absolute atomic E-state index is 0.146. The van der Waals surface area contributed by atoms with Crippen molar-refractivity contribution in [2.75, 3.05) is 13.2 Å². The van der Waals surface area contributed by atoms with Crippen molar-refractivity contribution in [2.45, 2.75) is 119 Å². The van der Waals surface area contributed by atoms with Crippen LogP contribution < -0.4 is 0 Å². The Labute approximate surface area is 370 Å². The second-order valence-corrected chi connectivity index (χ2v) is 16.8. The van der Waals surface area contributed by atoms with Gasteiger partial charge in [-0.05, 0) is 75.2 Å². The molecule has 4 unspecified atom stereocenters. The first-order valence-electron chi connectivity index (χ1n) is 21.7. The van der Waals surface area contributed by atoms with Gasteiger partial charge in [0, 0.05) is 12.8 Å². The summed E-state index contributed by atoms with van der Waals surface area (Å²) in [6.45, 7) is 3.20. The first-order chi connectivity index (χ1) is 31.0. The Balaban J connectivity index is 1.12. The predicted molar refractivity (Wildman–Crippen MR) is 223 cm³/mol. The first-order valence-corrected chi connectivity index (χ1v) is 21.7. The SMILES string of the molecule is CC1(C)OCC([C@H]2O[C@@H]3OC4(CCCCC4)OC3[C@H]2O[C@@H]2OC(COC(=O)c3ccccc3)[C@@H](OC(=O)c3ccccc3)[C@H](OC(=O)c3ccccc3)C2OC(=O)c2ccccc2)O1. The monoisotopic (exact) mass is 878 g/mol. The van der Waals surface area contributed by atoms with Crippen LogP contribution in [-0.4, -0.2) is 110 Å². The van der Waals surface area contributed by atoms with Gasteiger partial charge in [0.25, 0.3) is 0 Å². The Morgan fingerprint density at radius 2 is 1.05 bits per heavy atom. The van der Waals surface area contributed by atoms with Crippen LogP contribution in [0.25, 0.3) is 0 Å². The number of hydrogen-bond donors (Lipinski definition) is 0. The van der Waals surface area contributed by atoms with Crippen molar-refractivity contribution >= 4 is 23.9 Å². The number of ether oxygens (including phenoxy) is 11. The van der Waals surface area contributed by atoms with Gasteiger partial charge in [-0.15, -0.1) is 0 Å². The van der Waals surface area contributed by atoms with Crippen molar-refractivity contribution in [3.63, 3.8) is 0 Å². The van der Waals surface area contributed by atoms with Crippen molar-refractivity contribution in [3.8, 4) is 0 Å². The second kappa shape index (κ2) is 18.9. The summed E-state index contributed by atoms with van der Waals surface area (Å²) in [4.78, 5) is 55.8. The lowest BCUT2D eigenvalue weighted by Crippen LogP contribution is -2.64. The maximum Gasteiger partial charge on any atom is 0.338 e. The van der Waals surface area contributed by atoms with E-state index < -0.39 is 103 Å². The van der Waals surface area contributed by atoms with E-state index in [2.05, 4.69) is 0 Å². The molecule has 4 saturated heterocycles. The van der Waals surface area contributed by atoms with Gasteiger partial charge in [0.15, 0.2) is 42.5 Å². The van der Waals surface area contributed by atoms with Gasteiger partial charge in [-0.2, -0.15) is 0 Å². The fourth-order valence-corrected chi connectivity index (χ4v) is 8.81. The zero-order chi connectivity index (χ0) is 44.3. The van der Waals surface area contributed by atoms with Crippen molar-refractivity contribution < 1.29 is 71.3 Å². The van der Waals surface area contributed by atoms with E-state index in [1.807, 2.05) is 0 Å². The number of fused-ring (bicyclic) bond motifs is 1. The van der Waals surface area contributed by atoms with E-state index in [9.17, 15) is 19.2 Å². The third-order valence-corrected chi connectivity index (χ3v) is 11.9. The molecule has 336 valence electrons. The molecule has 4 aromatic rings. The van der Waals surface area contributed by atoms with Gasteiger partial charge in [0.1, 0.15) is 37.1 Å². The average molecular weight is 879 g/mol. The molecule has 4 aromatic carbocycles. The van der Waals surface area contributed by atoms with Gasteiger partial charge in [-0.3, -0.25) is 0 Å². The van der Waals surface area contributed by atoms with Crippen molar-refractivity contribution in [1.82, 2.24) is 0 Å². The number of rotatable bonds is 12. The zero-order valence-electron chi connectivity index (χ0n) is 35.4. The maximum atomic E-state index is 14.2. The quantitative estimate of drug-likeness (QED) is 0.110. The maximum absolute atomic E-state index is 14.2. The van der Waals surface area contributed by atoms with Crippen LogP contribution in [0.5, 0.6) is 0 Å². The molecule has 0 N–H and O–H groups in total. The predicted octanol–water partition coefficient (Wildman–Crippen LogP) is 6.58. The minimum atomic E-state index is -1.63. The molecule has 4 heterocycles. The third-order valence-electron chi connectivity index (χ3n) is 11.9. The van der Waals surface area contributed by atoms with Crippen molar-refractivity contribution in [1.29, 1.82) is 0 Å². The second-order valence-electron chi connectivity index (χ2n) is 16.8. The van der Waals surface area contributed by atoms with Gasteiger partial charge >= 0.3 is 23.9 Å². The molecule has 0 aromatic heterocycles. The third kappa shape index (κ3) is 9.61. The normalized spacial score (nSPS) is 30.2. The van der Waals surface area contributed by atoms with E-state index in [0.717, 1.165) is 19.3 Å². The van der Waals surface area contributed by atoms with E-state index in [-0.39, 0.29) is 28.9 Å². The molecular weight excluding hydrogens is 829 g/mol. The number of carbonyl (C=O) groups is 4. The highest BCUT2D eigenvalue weighted by Gasteiger charge is 2.63. The standard InChI is InChI=1S/C49H50O15/c1-48(2)55-29-35(62-48)37-39(41-47(60-37)64-49(63-41)26-16-7-17-27-49)61-46-40(59-45(53)33-24-14-6-15-25-33)38(58-44(52)32-22-12-5-13-23-32)36(57-43(51)31-20-10-4-11-21-31)34(56-46)28-54-42(50)30-18-8-3-9-19-30/h3-6,8-15,18-25,34-41,46-47H,7,16-17,26-29H2,1-2H3/t34?,35?,36-,37-,38+,39+,40?,41?,46+,47-/m1/s1. The molecule has 5 fully saturated rings. The average Bonchev–Trinajstić information content (AvgIpc) is 3.97. The van der Waals surface area contributed by atoms with Crippen LogP contribution in [-0.2, 0) is 52.1 Å². The lowest BCUT2D eigenvalue weighted by atomic mass is 9.94. The van der Waals surface area contributed by atoms with E-state index in [1.165, 1.54) is 0 Å². The number of hydrogen-bond acceptors (Lipinski definition) is 15. The topological polar surface area (TPSA) is 170 Å². The Kier molecular flexibility index (Phi) is 12.9. The fraction of sp³-hybridized carbons (Fsp3) is 0.429. The van der Waals surface area contributed by atoms with Crippen molar-refractivity contribution in [3.05, 3.63) is 144 Å². The molecule has 9 rings (SSSR count). The first kappa shape index (κ1) is 43.7. The van der Waals surface area contributed by atoms with E-state index in [1.54, 1.807) is 135 Å². The summed E-state index contributed by atoms with van der Waals surface area (Å²) in [6.07, 6.45) is -7.90. The summed E-state index contributed by atoms with van der Waals surface area (Å²) in [7, 11) is 0. The smallest absolute Gasteiger partial charge is 0.338 e. The highest BCUT2D eigenvalue weighted by atomic mass is 16.9. The van der Waals surface area contributed by atoms with Crippen LogP contribution >= 0.6 is 0 Å². The van der Waals surface area contributed by atoms with Crippen molar-refractivity contribution in [2.24, 2.45) is 0 Å². The van der Waals surface area contributed by atoms with Crippen LogP contribution in [0.1, 0.15) is 87.4 Å². The molecule has 10 atom stereocenters. The van der Waals surface area contributed by atoms with E-state index in [4.69, 9.17) is 52.1 Å². The molecular formula is C49H50O15. The minimum Gasteiger partial charge on any atom is -0.459 e. The molecule has 5 aliphatic rings. The van der Waals surface area contributed by atoms with Gasteiger partial charge < -0.3 is 52.1 Å². The Morgan fingerprint density at radius 1 is 0.547 bits per heavy atom. The van der Waals surface area contributed by atoms with Gasteiger partial charge in [0.05, 0.1) is 28.9 Å². The van der Waals surface area contributed by atoms with Gasteiger partial charge in [-0.25, -0.2) is 19.2 Å². The largest absolute Gasteiger partial charge is 0.459 e. The summed E-state index contributed by atoms with van der Waals surface area (Å²) >= 11 is 0. The lowest BCUT2D eigenvalue weighted by Gasteiger charge is -2.45. The lowest BCUT2D eigenvalue weighted by molar-refractivity contribution is -0.325. The van der Waals surface area contributed by atoms with Crippen LogP contribution in [0.2, 0.25) is 0 Å². The Hall–Kier alpha value is -5.52. The summed E-state index contributed by atoms with van der Waals surface area (Å²) in [5, 5.41) is 0. The van der Waals surface area contributed by atoms with Crippen LogP contribution in [0.15, 0.2) is 121 Å². The molecule has 0 radical (unpaired) electrons. The summed E-state index contributed by atoms with van der Waals surface area (Å²) < 4.78 is 70.5. The van der Waals surface area contributed by atoms with E-state index in [0.29, 0.717) is 12.8 Å². The molecule has 15 heteroatoms. The molecule has 1 aliphatic carbocycles. The highest BCUT2D eigenvalue weighted by molar-refractivity contribution is 5.91. The molecule has 1 spiro atoms. The summed E-state index contributed by atoms with van der Waals surface area (Å²) in [6, 6.07) is 32.8. The molecule has 1 saturated carbocycles. The molecule has 64 heavy (non-hydrogen) atoms. The molecule has 4 aliphatic heterocycles. The van der Waals surface area contributed by atoms with Gasteiger partial charge in [0.2, 0.25) is 0 Å². The van der Waals surface area contributed by atoms with Crippen LogP contribution in [0.3, 0.4) is 0 Å². The number of esters is 4. The Bertz CT molecular complexity index is 2230. The summed E-state index contributed by atoms with van der Waals surface area (Å²) in [5.41, 5.74) is 0.737. The van der Waals surface area contributed by atoms with E-state index >= 15 is 0 Å².